The summed E-state index contributed by atoms with van der Waals surface area (Å²) < 4.78 is 19.7. The molecule has 0 unspecified atom stereocenters. The van der Waals surface area contributed by atoms with Crippen molar-refractivity contribution in [3.8, 4) is 34.2 Å². The van der Waals surface area contributed by atoms with Crippen LogP contribution >= 0.6 is 0 Å². The van der Waals surface area contributed by atoms with Gasteiger partial charge in [-0.25, -0.2) is 9.50 Å². The molecule has 3 heterocycles. The Bertz CT molecular complexity index is 1500. The molecular weight excluding hydrogens is 420 g/mol. The number of fused-ring (bicyclic) bond motifs is 1. The highest BCUT2D eigenvalue weighted by Crippen LogP contribution is 2.29. The van der Waals surface area contributed by atoms with Crippen LogP contribution in [0, 0.1) is 6.92 Å². The molecule has 0 aliphatic carbocycles. The molecule has 0 N–H and O–H groups in total. The molecule has 2 aromatic carbocycles. The van der Waals surface area contributed by atoms with Gasteiger partial charge in [-0.2, -0.15) is 5.10 Å². The summed E-state index contributed by atoms with van der Waals surface area (Å²) in [6.45, 7) is 2.13. The number of benzene rings is 2. The maximum atomic E-state index is 13.2. The normalized spacial score (nSPS) is 11.1. The number of ether oxygens (including phenoxy) is 2. The maximum absolute atomic E-state index is 13.2. The number of para-hydroxylation sites is 1. The summed E-state index contributed by atoms with van der Waals surface area (Å²) in [5.41, 5.74) is 3.32. The molecule has 0 aliphatic rings. The minimum atomic E-state index is -0.167. The SMILES string of the molecule is COc1ccc(-c2nc(Cn3ccn4nc(-c5ccccc5OC)cc4c3=O)c(C)o2)cc1. The molecule has 5 rings (SSSR count). The smallest absolute Gasteiger partial charge is 0.276 e. The third-order valence-electron chi connectivity index (χ3n) is 5.54. The molecule has 166 valence electrons. The van der Waals surface area contributed by atoms with E-state index in [9.17, 15) is 4.79 Å². The van der Waals surface area contributed by atoms with Crippen LogP contribution in [-0.4, -0.2) is 33.4 Å². The molecule has 8 nitrogen and oxygen atoms in total. The van der Waals surface area contributed by atoms with Crippen molar-refractivity contribution in [2.45, 2.75) is 13.5 Å². The predicted molar refractivity (Wildman–Crippen MR) is 124 cm³/mol. The van der Waals surface area contributed by atoms with E-state index in [1.165, 1.54) is 0 Å². The minimum absolute atomic E-state index is 0.167. The zero-order valence-electron chi connectivity index (χ0n) is 18.5. The van der Waals surface area contributed by atoms with E-state index in [0.29, 0.717) is 34.3 Å². The van der Waals surface area contributed by atoms with E-state index in [0.717, 1.165) is 16.9 Å². The highest BCUT2D eigenvalue weighted by atomic mass is 16.5. The number of hydrogen-bond donors (Lipinski definition) is 0. The molecule has 0 radical (unpaired) electrons. The molecule has 0 saturated carbocycles. The van der Waals surface area contributed by atoms with E-state index in [4.69, 9.17) is 13.9 Å². The van der Waals surface area contributed by atoms with Crippen molar-refractivity contribution >= 4 is 5.52 Å². The average molecular weight is 442 g/mol. The summed E-state index contributed by atoms with van der Waals surface area (Å²) >= 11 is 0. The first kappa shape index (κ1) is 20.6. The van der Waals surface area contributed by atoms with Crippen molar-refractivity contribution in [3.05, 3.63) is 88.8 Å². The van der Waals surface area contributed by atoms with Gasteiger partial charge in [-0.1, -0.05) is 12.1 Å². The van der Waals surface area contributed by atoms with Crippen LogP contribution in [0.4, 0.5) is 0 Å². The van der Waals surface area contributed by atoms with Crippen molar-refractivity contribution in [2.24, 2.45) is 0 Å². The Morgan fingerprint density at radius 1 is 1.00 bits per heavy atom. The van der Waals surface area contributed by atoms with Gasteiger partial charge in [-0.3, -0.25) is 4.79 Å². The number of methoxy groups -OCH3 is 2. The summed E-state index contributed by atoms with van der Waals surface area (Å²) in [4.78, 5) is 17.8. The fraction of sp³-hybridized carbons (Fsp3) is 0.160. The molecule has 0 aliphatic heterocycles. The van der Waals surface area contributed by atoms with Crippen LogP contribution in [0.15, 0.2) is 76.2 Å². The summed E-state index contributed by atoms with van der Waals surface area (Å²) in [5, 5.41) is 4.55. The molecule has 0 fully saturated rings. The molecule has 0 amide bonds. The van der Waals surface area contributed by atoms with Crippen molar-refractivity contribution < 1.29 is 13.9 Å². The number of oxazole rings is 1. The Morgan fingerprint density at radius 3 is 2.55 bits per heavy atom. The Labute approximate surface area is 189 Å². The van der Waals surface area contributed by atoms with Crippen LogP contribution in [0.1, 0.15) is 11.5 Å². The number of aryl methyl sites for hydroxylation is 1. The number of nitrogens with zero attached hydrogens (tertiary/aromatic N) is 4. The molecule has 0 saturated heterocycles. The van der Waals surface area contributed by atoms with Crippen molar-refractivity contribution in [3.63, 3.8) is 0 Å². The first-order valence-corrected chi connectivity index (χ1v) is 10.4. The lowest BCUT2D eigenvalue weighted by atomic mass is 10.1. The average Bonchev–Trinajstić information content (AvgIpc) is 3.45. The van der Waals surface area contributed by atoms with Crippen LogP contribution in [0.25, 0.3) is 28.2 Å². The quantitative estimate of drug-likeness (QED) is 0.392. The summed E-state index contributed by atoms with van der Waals surface area (Å²) in [7, 11) is 3.23. The second kappa shape index (κ2) is 8.31. The van der Waals surface area contributed by atoms with Gasteiger partial charge in [0.05, 0.1) is 26.5 Å². The number of rotatable bonds is 6. The number of aromatic nitrogens is 4. The van der Waals surface area contributed by atoms with Gasteiger partial charge in [0.25, 0.3) is 5.56 Å². The van der Waals surface area contributed by atoms with Gasteiger partial charge in [0, 0.05) is 23.5 Å². The Hall–Kier alpha value is -4.33. The topological polar surface area (TPSA) is 83.8 Å². The van der Waals surface area contributed by atoms with Gasteiger partial charge in [-0.15, -0.1) is 0 Å². The Morgan fingerprint density at radius 2 is 1.79 bits per heavy atom. The lowest BCUT2D eigenvalue weighted by Gasteiger charge is -2.04. The standard InChI is InChI=1S/C25H22N4O4/c1-16-21(26-24(33-16)17-8-10-18(31-2)11-9-17)15-28-12-13-29-22(25(28)30)14-20(27-29)19-6-4-5-7-23(19)32-3/h4-14H,15H2,1-3H3. The van der Waals surface area contributed by atoms with Crippen molar-refractivity contribution in [1.29, 1.82) is 0 Å². The zero-order chi connectivity index (χ0) is 22.9. The monoisotopic (exact) mass is 442 g/mol. The largest absolute Gasteiger partial charge is 0.497 e. The van der Waals surface area contributed by atoms with Crippen LogP contribution in [-0.2, 0) is 6.54 Å². The third-order valence-corrected chi connectivity index (χ3v) is 5.54. The van der Waals surface area contributed by atoms with Gasteiger partial charge >= 0.3 is 0 Å². The second-order valence-electron chi connectivity index (χ2n) is 7.54. The van der Waals surface area contributed by atoms with Crippen LogP contribution in [0.2, 0.25) is 0 Å². The second-order valence-corrected chi connectivity index (χ2v) is 7.54. The highest BCUT2D eigenvalue weighted by molar-refractivity contribution is 5.71. The van der Waals surface area contributed by atoms with E-state index in [2.05, 4.69) is 10.1 Å². The lowest BCUT2D eigenvalue weighted by molar-refractivity contribution is 0.415. The fourth-order valence-electron chi connectivity index (χ4n) is 3.73. The van der Waals surface area contributed by atoms with Gasteiger partial charge in [0.2, 0.25) is 5.89 Å². The maximum Gasteiger partial charge on any atom is 0.276 e. The predicted octanol–water partition coefficient (Wildman–Crippen LogP) is 4.19. The molecule has 0 spiro atoms. The van der Waals surface area contributed by atoms with Crippen LogP contribution in [0.3, 0.4) is 0 Å². The van der Waals surface area contributed by atoms with Crippen molar-refractivity contribution in [2.75, 3.05) is 14.2 Å². The fourth-order valence-corrected chi connectivity index (χ4v) is 3.73. The van der Waals surface area contributed by atoms with Gasteiger partial charge in [0.1, 0.15) is 28.5 Å². The first-order chi connectivity index (χ1) is 16.1. The molecule has 0 bridgehead atoms. The zero-order valence-corrected chi connectivity index (χ0v) is 18.5. The van der Waals surface area contributed by atoms with E-state index < -0.39 is 0 Å². The van der Waals surface area contributed by atoms with E-state index >= 15 is 0 Å². The Kier molecular flexibility index (Phi) is 5.18. The molecule has 8 heteroatoms. The molecule has 0 atom stereocenters. The summed E-state index contributed by atoms with van der Waals surface area (Å²) in [6, 6.07) is 16.8. The molecule has 5 aromatic rings. The molecular formula is C25H22N4O4. The molecule has 33 heavy (non-hydrogen) atoms. The van der Waals surface area contributed by atoms with Crippen molar-refractivity contribution in [1.82, 2.24) is 19.2 Å². The van der Waals surface area contributed by atoms with Crippen LogP contribution < -0.4 is 15.0 Å². The van der Waals surface area contributed by atoms with Crippen LogP contribution in [0.5, 0.6) is 11.5 Å². The van der Waals surface area contributed by atoms with Gasteiger partial charge in [-0.05, 0) is 49.4 Å². The van der Waals surface area contributed by atoms with Gasteiger partial charge < -0.3 is 18.5 Å². The highest BCUT2D eigenvalue weighted by Gasteiger charge is 2.16. The first-order valence-electron chi connectivity index (χ1n) is 10.4. The summed E-state index contributed by atoms with van der Waals surface area (Å²) in [5.74, 6) is 2.62. The van der Waals surface area contributed by atoms with E-state index in [1.807, 2.05) is 55.5 Å². The minimum Gasteiger partial charge on any atom is -0.497 e. The molecule has 3 aromatic heterocycles. The lowest BCUT2D eigenvalue weighted by Crippen LogP contribution is -2.22. The number of hydrogen-bond acceptors (Lipinski definition) is 6. The van der Waals surface area contributed by atoms with E-state index in [-0.39, 0.29) is 12.1 Å². The Balaban J connectivity index is 1.48. The van der Waals surface area contributed by atoms with E-state index in [1.54, 1.807) is 41.8 Å². The summed E-state index contributed by atoms with van der Waals surface area (Å²) in [6.07, 6.45) is 3.46. The third kappa shape index (κ3) is 3.76. The van der Waals surface area contributed by atoms with Gasteiger partial charge in [0.15, 0.2) is 0 Å².